The minimum Gasteiger partial charge on any atom is -0.333 e. The number of H-pyrrole nitrogens is 1. The van der Waals surface area contributed by atoms with Crippen molar-refractivity contribution in [3.05, 3.63) is 64.8 Å². The van der Waals surface area contributed by atoms with Gasteiger partial charge in [0.25, 0.3) is 0 Å². The summed E-state index contributed by atoms with van der Waals surface area (Å²) in [5.74, 6) is 0.182. The van der Waals surface area contributed by atoms with Crippen LogP contribution in [0.4, 0.5) is 5.69 Å². The monoisotopic (exact) mass is 493 g/mol. The van der Waals surface area contributed by atoms with Crippen molar-refractivity contribution in [1.82, 2.24) is 9.97 Å². The maximum atomic E-state index is 12.5. The van der Waals surface area contributed by atoms with Crippen LogP contribution in [0, 0.1) is 0 Å². The lowest BCUT2D eigenvalue weighted by Gasteiger charge is -2.20. The molecule has 0 saturated heterocycles. The number of carbonyl (C=O) groups is 1. The number of Topliss-reactive ketones (excluding diaryl/α,β-unsaturated/α-hetero) is 1. The van der Waals surface area contributed by atoms with Gasteiger partial charge in [-0.3, -0.25) is 9.10 Å². The summed E-state index contributed by atoms with van der Waals surface area (Å²) in [6.45, 7) is 2.10. The van der Waals surface area contributed by atoms with E-state index >= 15 is 0 Å². The minimum atomic E-state index is -3.34. The van der Waals surface area contributed by atoms with Crippen LogP contribution in [0.1, 0.15) is 17.3 Å². The summed E-state index contributed by atoms with van der Waals surface area (Å²) in [6.07, 6.45) is 2.91. The van der Waals surface area contributed by atoms with Crippen LogP contribution in [0.3, 0.4) is 0 Å². The highest BCUT2D eigenvalue weighted by molar-refractivity contribution is 9.10. The van der Waals surface area contributed by atoms with Gasteiger partial charge >= 0.3 is 0 Å². The van der Waals surface area contributed by atoms with Gasteiger partial charge in [0.1, 0.15) is 0 Å². The van der Waals surface area contributed by atoms with Gasteiger partial charge in [0.2, 0.25) is 10.0 Å². The van der Waals surface area contributed by atoms with E-state index in [0.717, 1.165) is 22.0 Å². The van der Waals surface area contributed by atoms with Gasteiger partial charge < -0.3 is 4.98 Å². The highest BCUT2D eigenvalue weighted by Crippen LogP contribution is 2.24. The molecule has 2 aromatic carbocycles. The lowest BCUT2D eigenvalue weighted by Crippen LogP contribution is -2.29. The van der Waals surface area contributed by atoms with E-state index in [-0.39, 0.29) is 11.5 Å². The van der Waals surface area contributed by atoms with E-state index in [4.69, 9.17) is 0 Å². The third-order valence-electron chi connectivity index (χ3n) is 4.21. The van der Waals surface area contributed by atoms with Crippen LogP contribution < -0.4 is 4.31 Å². The molecule has 152 valence electrons. The average molecular weight is 494 g/mol. The van der Waals surface area contributed by atoms with E-state index in [1.165, 1.54) is 16.1 Å². The van der Waals surface area contributed by atoms with Crippen LogP contribution in [0.15, 0.2) is 64.4 Å². The Hall–Kier alpha value is -2.10. The van der Waals surface area contributed by atoms with Gasteiger partial charge in [-0.2, -0.15) is 0 Å². The quantitative estimate of drug-likeness (QED) is 0.366. The number of anilines is 1. The molecule has 0 atom stereocenters. The molecule has 0 aliphatic heterocycles. The van der Waals surface area contributed by atoms with Crippen molar-refractivity contribution in [2.75, 3.05) is 22.9 Å². The molecule has 0 unspecified atom stereocenters. The topological polar surface area (TPSA) is 83.1 Å². The Kier molecular flexibility index (Phi) is 6.81. The number of hydrogen-bond donors (Lipinski definition) is 1. The Morgan fingerprint density at radius 1 is 1.14 bits per heavy atom. The summed E-state index contributed by atoms with van der Waals surface area (Å²) < 4.78 is 25.9. The first kappa shape index (κ1) is 21.6. The van der Waals surface area contributed by atoms with Gasteiger partial charge in [0.05, 0.1) is 29.6 Å². The summed E-state index contributed by atoms with van der Waals surface area (Å²) >= 11 is 4.74. The molecular weight excluding hydrogens is 474 g/mol. The van der Waals surface area contributed by atoms with Crippen LogP contribution in [0.25, 0.3) is 11.3 Å². The van der Waals surface area contributed by atoms with Crippen molar-refractivity contribution in [2.24, 2.45) is 0 Å². The molecule has 0 fully saturated rings. The zero-order chi connectivity index (χ0) is 21.0. The summed E-state index contributed by atoms with van der Waals surface area (Å²) in [5.41, 5.74) is 2.98. The van der Waals surface area contributed by atoms with Gasteiger partial charge in [-0.25, -0.2) is 13.4 Å². The van der Waals surface area contributed by atoms with Crippen molar-refractivity contribution in [1.29, 1.82) is 0 Å². The van der Waals surface area contributed by atoms with Gasteiger partial charge in [-0.05, 0) is 48.9 Å². The Balaban J connectivity index is 1.63. The third-order valence-corrected chi connectivity index (χ3v) is 6.90. The number of ketones is 1. The number of benzene rings is 2. The number of nitrogens with zero attached hydrogens (tertiary/aromatic N) is 2. The molecular formula is C20H20BrN3O3S2. The highest BCUT2D eigenvalue weighted by atomic mass is 79.9. The average Bonchev–Trinajstić information content (AvgIpc) is 3.16. The SMILES string of the molecule is CCN(c1ccc(C(=O)CSc2ncc(-c3ccc(Br)cc3)[nH]2)cc1)S(C)(=O)=O. The molecule has 3 rings (SSSR count). The summed E-state index contributed by atoms with van der Waals surface area (Å²) in [6, 6.07) is 14.5. The lowest BCUT2D eigenvalue weighted by molar-refractivity contribution is 0.102. The molecule has 1 heterocycles. The van der Waals surface area contributed by atoms with Crippen molar-refractivity contribution in [2.45, 2.75) is 12.1 Å². The molecule has 0 aliphatic carbocycles. The largest absolute Gasteiger partial charge is 0.333 e. The zero-order valence-electron chi connectivity index (χ0n) is 15.9. The Labute approximate surface area is 182 Å². The fraction of sp³-hybridized carbons (Fsp3) is 0.200. The summed E-state index contributed by atoms with van der Waals surface area (Å²) in [5, 5.41) is 0.669. The Morgan fingerprint density at radius 3 is 2.38 bits per heavy atom. The second-order valence-corrected chi connectivity index (χ2v) is 10.1. The van der Waals surface area contributed by atoms with Gasteiger partial charge in [-0.15, -0.1) is 0 Å². The standard InChI is InChI=1S/C20H20BrN3O3S2/c1-3-24(29(2,26)27)17-10-6-15(7-11-17)19(25)13-28-20-22-12-18(23-20)14-4-8-16(21)9-5-14/h4-12H,3,13H2,1-2H3,(H,22,23). The molecule has 0 spiro atoms. The lowest BCUT2D eigenvalue weighted by atomic mass is 10.1. The van der Waals surface area contributed by atoms with E-state index < -0.39 is 10.0 Å². The van der Waals surface area contributed by atoms with Crippen LogP contribution >= 0.6 is 27.7 Å². The number of halogens is 1. The zero-order valence-corrected chi connectivity index (χ0v) is 19.1. The maximum Gasteiger partial charge on any atom is 0.232 e. The molecule has 9 heteroatoms. The van der Waals surface area contributed by atoms with E-state index in [2.05, 4.69) is 25.9 Å². The van der Waals surface area contributed by atoms with Crippen molar-refractivity contribution in [3.63, 3.8) is 0 Å². The predicted molar refractivity (Wildman–Crippen MR) is 121 cm³/mol. The number of imidazole rings is 1. The Bertz CT molecular complexity index is 1090. The van der Waals surface area contributed by atoms with Crippen molar-refractivity contribution < 1.29 is 13.2 Å². The molecule has 29 heavy (non-hydrogen) atoms. The van der Waals surface area contributed by atoms with Gasteiger partial charge in [0.15, 0.2) is 10.9 Å². The molecule has 0 bridgehead atoms. The normalized spacial score (nSPS) is 11.4. The number of carbonyl (C=O) groups excluding carboxylic acids is 1. The predicted octanol–water partition coefficient (Wildman–Crippen LogP) is 4.60. The number of rotatable bonds is 8. The number of aromatic amines is 1. The van der Waals surface area contributed by atoms with Crippen LogP contribution in [-0.2, 0) is 10.0 Å². The number of aromatic nitrogens is 2. The molecule has 3 aromatic rings. The second-order valence-electron chi connectivity index (χ2n) is 6.30. The molecule has 0 radical (unpaired) electrons. The smallest absolute Gasteiger partial charge is 0.232 e. The first-order valence-electron chi connectivity index (χ1n) is 8.82. The van der Waals surface area contributed by atoms with Crippen molar-refractivity contribution in [3.8, 4) is 11.3 Å². The second kappa shape index (κ2) is 9.15. The summed E-state index contributed by atoms with van der Waals surface area (Å²) in [7, 11) is -3.34. The van der Waals surface area contributed by atoms with E-state index in [0.29, 0.717) is 23.0 Å². The fourth-order valence-electron chi connectivity index (χ4n) is 2.79. The number of thioether (sulfide) groups is 1. The number of hydrogen-bond acceptors (Lipinski definition) is 5. The van der Waals surface area contributed by atoms with E-state index in [1.807, 2.05) is 24.3 Å². The van der Waals surface area contributed by atoms with E-state index in [1.54, 1.807) is 37.4 Å². The highest BCUT2D eigenvalue weighted by Gasteiger charge is 2.16. The summed E-state index contributed by atoms with van der Waals surface area (Å²) in [4.78, 5) is 20.0. The van der Waals surface area contributed by atoms with Crippen molar-refractivity contribution >= 4 is 49.2 Å². The molecule has 1 aromatic heterocycles. The van der Waals surface area contributed by atoms with Gasteiger partial charge in [0, 0.05) is 16.6 Å². The first-order valence-corrected chi connectivity index (χ1v) is 12.5. The first-order chi connectivity index (χ1) is 13.8. The minimum absolute atomic E-state index is 0.0504. The fourth-order valence-corrected chi connectivity index (χ4v) is 4.77. The molecule has 0 aliphatic rings. The van der Waals surface area contributed by atoms with Crippen LogP contribution in [0.5, 0.6) is 0 Å². The molecule has 0 saturated carbocycles. The van der Waals surface area contributed by atoms with Gasteiger partial charge in [-0.1, -0.05) is 39.8 Å². The maximum absolute atomic E-state index is 12.5. The molecule has 0 amide bonds. The van der Waals surface area contributed by atoms with Crippen LogP contribution in [-0.4, -0.2) is 42.7 Å². The third kappa shape index (κ3) is 5.49. The molecule has 6 nitrogen and oxygen atoms in total. The van der Waals surface area contributed by atoms with E-state index in [9.17, 15) is 13.2 Å². The number of sulfonamides is 1. The van der Waals surface area contributed by atoms with Crippen LogP contribution in [0.2, 0.25) is 0 Å². The Morgan fingerprint density at radius 2 is 1.79 bits per heavy atom. The number of nitrogens with one attached hydrogen (secondary N) is 1. The molecule has 1 N–H and O–H groups in total.